The van der Waals surface area contributed by atoms with Gasteiger partial charge in [-0.15, -0.1) is 0 Å². The van der Waals surface area contributed by atoms with E-state index in [1.807, 2.05) is 30.3 Å². The minimum absolute atomic E-state index is 0.150. The Bertz CT molecular complexity index is 736. The molecule has 0 bridgehead atoms. The highest BCUT2D eigenvalue weighted by molar-refractivity contribution is 9.09. The van der Waals surface area contributed by atoms with Gasteiger partial charge in [-0.05, 0) is 18.4 Å². The van der Waals surface area contributed by atoms with Crippen LogP contribution in [0.2, 0.25) is 0 Å². The quantitative estimate of drug-likeness (QED) is 0.325. The average molecular weight is 463 g/mol. The van der Waals surface area contributed by atoms with Crippen molar-refractivity contribution in [3.8, 4) is 0 Å². The molecule has 2 aromatic rings. The van der Waals surface area contributed by atoms with Gasteiger partial charge in [0.25, 0.3) is 0 Å². The Morgan fingerprint density at radius 1 is 1.18 bits per heavy atom. The van der Waals surface area contributed by atoms with Crippen LogP contribution in [0.5, 0.6) is 0 Å². The van der Waals surface area contributed by atoms with E-state index in [4.69, 9.17) is 4.74 Å². The number of alkyl carbamates (subject to hydrolysis) is 1. The molecule has 28 heavy (non-hydrogen) atoms. The molecule has 154 valence electrons. The number of amides is 1. The first-order chi connectivity index (χ1) is 13.4. The normalized spacial score (nSPS) is 11.4. The fraction of sp³-hybridized carbons (Fsp3) is 0.474. The number of nitrogens with one attached hydrogen (secondary N) is 1. The highest BCUT2D eigenvalue weighted by atomic mass is 79.9. The molecule has 0 aliphatic rings. The molecule has 0 atom stereocenters. The molecule has 0 aliphatic heterocycles. The lowest BCUT2D eigenvalue weighted by Crippen LogP contribution is -2.31. The second-order valence-corrected chi connectivity index (χ2v) is 7.09. The summed E-state index contributed by atoms with van der Waals surface area (Å²) in [7, 11) is 0. The molecule has 0 fully saturated rings. The lowest BCUT2D eigenvalue weighted by atomic mass is 10.2. The Labute approximate surface area is 170 Å². The maximum Gasteiger partial charge on any atom is 0.457 e. The molecule has 5 nitrogen and oxygen atoms in total. The molecule has 0 saturated heterocycles. The predicted molar refractivity (Wildman–Crippen MR) is 102 cm³/mol. The molecule has 1 N–H and O–H groups in total. The zero-order valence-electron chi connectivity index (χ0n) is 15.4. The van der Waals surface area contributed by atoms with Crippen molar-refractivity contribution < 1.29 is 27.3 Å². The molecule has 1 heterocycles. The smallest absolute Gasteiger partial charge is 0.445 e. The van der Waals surface area contributed by atoms with E-state index < -0.39 is 18.0 Å². The van der Waals surface area contributed by atoms with E-state index in [9.17, 15) is 18.0 Å². The van der Waals surface area contributed by atoms with Gasteiger partial charge in [0.2, 0.25) is 12.0 Å². The maximum atomic E-state index is 13.2. The molecule has 1 aromatic heterocycles. The van der Waals surface area contributed by atoms with Crippen LogP contribution in [0.4, 0.5) is 18.0 Å². The van der Waals surface area contributed by atoms with Crippen molar-refractivity contribution in [3.05, 3.63) is 54.1 Å². The van der Waals surface area contributed by atoms with Crippen molar-refractivity contribution in [1.29, 1.82) is 0 Å². The van der Waals surface area contributed by atoms with E-state index >= 15 is 0 Å². The van der Waals surface area contributed by atoms with Crippen LogP contribution in [0.15, 0.2) is 42.9 Å². The van der Waals surface area contributed by atoms with Gasteiger partial charge >= 0.3 is 12.3 Å². The van der Waals surface area contributed by atoms with Gasteiger partial charge in [0.1, 0.15) is 12.8 Å². The third kappa shape index (κ3) is 7.53. The van der Waals surface area contributed by atoms with E-state index in [2.05, 4.69) is 21.2 Å². The van der Waals surface area contributed by atoms with Crippen molar-refractivity contribution in [1.82, 2.24) is 9.88 Å². The second kappa shape index (κ2) is 11.1. The SMILES string of the molecule is O=C(NCCCn1c[n+](CCCCBr)cc1C(F)(F)F)OCc1ccccc1. The van der Waals surface area contributed by atoms with E-state index in [0.717, 1.165) is 29.9 Å². The zero-order chi connectivity index (χ0) is 20.4. The highest BCUT2D eigenvalue weighted by Gasteiger charge is 2.40. The Hall–Kier alpha value is -2.03. The number of imidazole rings is 1. The van der Waals surface area contributed by atoms with Crippen molar-refractivity contribution >= 4 is 22.0 Å². The van der Waals surface area contributed by atoms with E-state index in [-0.39, 0.29) is 19.7 Å². The standard InChI is InChI=1S/C19H23BrF3N3O2/c20-9-4-5-11-25-13-17(19(21,22)23)26(15-25)12-6-10-24-18(27)28-14-16-7-2-1-3-8-16/h1-3,7-8,13,15H,4-6,9-12,14H2/p+1. The number of aryl methyl sites for hydroxylation is 2. The molecular formula is C19H24BrF3N3O2+. The lowest BCUT2D eigenvalue weighted by Gasteiger charge is -2.07. The Balaban J connectivity index is 1.78. The van der Waals surface area contributed by atoms with Crippen LogP contribution >= 0.6 is 15.9 Å². The molecule has 0 saturated carbocycles. The first-order valence-corrected chi connectivity index (χ1v) is 10.2. The topological polar surface area (TPSA) is 47.1 Å². The molecule has 0 radical (unpaired) electrons. The summed E-state index contributed by atoms with van der Waals surface area (Å²) in [5.41, 5.74) is 0.183. The van der Waals surface area contributed by atoms with Crippen LogP contribution in [0, 0.1) is 0 Å². The van der Waals surface area contributed by atoms with Gasteiger partial charge in [0.15, 0.2) is 0 Å². The largest absolute Gasteiger partial charge is 0.457 e. The predicted octanol–water partition coefficient (Wildman–Crippen LogP) is 4.29. The molecular weight excluding hydrogens is 439 g/mol. The number of unbranched alkanes of at least 4 members (excludes halogenated alkanes) is 1. The highest BCUT2D eigenvalue weighted by Crippen LogP contribution is 2.28. The summed E-state index contributed by atoms with van der Waals surface area (Å²) in [4.78, 5) is 11.7. The van der Waals surface area contributed by atoms with E-state index in [0.29, 0.717) is 13.0 Å². The maximum absolute atomic E-state index is 13.2. The van der Waals surface area contributed by atoms with Crippen LogP contribution in [-0.2, 0) is 30.6 Å². The van der Waals surface area contributed by atoms with Gasteiger partial charge in [-0.2, -0.15) is 13.2 Å². The van der Waals surface area contributed by atoms with Gasteiger partial charge in [0, 0.05) is 18.3 Å². The number of carbonyl (C=O) groups excluding carboxylic acids is 1. The third-order valence-corrected chi connectivity index (χ3v) is 4.59. The van der Waals surface area contributed by atoms with Crippen LogP contribution in [0.25, 0.3) is 0 Å². The van der Waals surface area contributed by atoms with Crippen molar-refractivity contribution in [2.45, 2.75) is 45.1 Å². The third-order valence-electron chi connectivity index (χ3n) is 4.03. The summed E-state index contributed by atoms with van der Waals surface area (Å²) in [5.74, 6) is 0. The van der Waals surface area contributed by atoms with Crippen molar-refractivity contribution in [3.63, 3.8) is 0 Å². The summed E-state index contributed by atoms with van der Waals surface area (Å²) in [6.07, 6.45) is -0.332. The number of halogens is 4. The number of benzene rings is 1. The van der Waals surface area contributed by atoms with Crippen LogP contribution < -0.4 is 9.88 Å². The Morgan fingerprint density at radius 2 is 1.93 bits per heavy atom. The fourth-order valence-electron chi connectivity index (χ4n) is 2.65. The summed E-state index contributed by atoms with van der Waals surface area (Å²) in [6.45, 7) is 1.06. The van der Waals surface area contributed by atoms with Gasteiger partial charge < -0.3 is 10.1 Å². The van der Waals surface area contributed by atoms with Crippen molar-refractivity contribution in [2.24, 2.45) is 0 Å². The Morgan fingerprint density at radius 3 is 2.61 bits per heavy atom. The number of hydrogen-bond acceptors (Lipinski definition) is 2. The number of ether oxygens (including phenoxy) is 1. The van der Waals surface area contributed by atoms with Gasteiger partial charge in [-0.1, -0.05) is 46.3 Å². The minimum atomic E-state index is -4.41. The average Bonchev–Trinajstić information content (AvgIpc) is 3.08. The van der Waals surface area contributed by atoms with E-state index in [1.165, 1.54) is 10.9 Å². The molecule has 0 unspecified atom stereocenters. The number of hydrogen-bond donors (Lipinski definition) is 1. The number of alkyl halides is 4. The van der Waals surface area contributed by atoms with Crippen LogP contribution in [0.3, 0.4) is 0 Å². The number of nitrogens with zero attached hydrogens (tertiary/aromatic N) is 2. The number of rotatable bonds is 10. The minimum Gasteiger partial charge on any atom is -0.445 e. The fourth-order valence-corrected chi connectivity index (χ4v) is 3.04. The molecule has 0 spiro atoms. The summed E-state index contributed by atoms with van der Waals surface area (Å²) >= 11 is 3.31. The second-order valence-electron chi connectivity index (χ2n) is 6.30. The van der Waals surface area contributed by atoms with E-state index in [1.54, 1.807) is 4.57 Å². The number of aromatic nitrogens is 2. The first-order valence-electron chi connectivity index (χ1n) is 9.07. The Kier molecular flexibility index (Phi) is 8.82. The zero-order valence-corrected chi connectivity index (χ0v) is 17.0. The molecule has 1 aromatic carbocycles. The first kappa shape index (κ1) is 22.3. The molecule has 0 aliphatic carbocycles. The van der Waals surface area contributed by atoms with Gasteiger partial charge in [-0.3, -0.25) is 0 Å². The number of carbonyl (C=O) groups is 1. The summed E-state index contributed by atoms with van der Waals surface area (Å²) in [5, 5.41) is 3.39. The molecule has 2 rings (SSSR count). The monoisotopic (exact) mass is 462 g/mol. The van der Waals surface area contributed by atoms with Crippen molar-refractivity contribution in [2.75, 3.05) is 11.9 Å². The molecule has 9 heteroatoms. The van der Waals surface area contributed by atoms with Crippen LogP contribution in [-0.4, -0.2) is 22.5 Å². The molecule has 1 amide bonds. The van der Waals surface area contributed by atoms with Gasteiger partial charge in [-0.25, -0.2) is 13.9 Å². The van der Waals surface area contributed by atoms with Crippen LogP contribution in [0.1, 0.15) is 30.5 Å². The summed E-state index contributed by atoms with van der Waals surface area (Å²) < 4.78 is 47.5. The lowest BCUT2D eigenvalue weighted by molar-refractivity contribution is -0.697. The summed E-state index contributed by atoms with van der Waals surface area (Å²) in [6, 6.07) is 9.23. The van der Waals surface area contributed by atoms with Gasteiger partial charge in [0.05, 0.1) is 13.1 Å².